The van der Waals surface area contributed by atoms with Crippen molar-refractivity contribution in [2.75, 3.05) is 13.3 Å². The highest BCUT2D eigenvalue weighted by atomic mass is 16.7. The fourth-order valence-electron chi connectivity index (χ4n) is 0.378. The molecule has 1 aliphatic heterocycles. The lowest BCUT2D eigenvalue weighted by atomic mass is 10.6. The molecule has 3 heteroatoms. The van der Waals surface area contributed by atoms with Gasteiger partial charge in [-0.3, -0.25) is 0 Å². The molecule has 7 heavy (non-hydrogen) atoms. The van der Waals surface area contributed by atoms with Crippen molar-refractivity contribution in [2.45, 2.75) is 0 Å². The fourth-order valence-corrected chi connectivity index (χ4v) is 0.378. The summed E-state index contributed by atoms with van der Waals surface area (Å²) in [7, 11) is 0. The molecule has 0 unspecified atom stereocenters. The molecule has 0 fully saturated rings. The second-order valence-electron chi connectivity index (χ2n) is 1.22. The quantitative estimate of drug-likeness (QED) is 0.497. The molecule has 0 aliphatic carbocycles. The molecule has 40 valence electrons. The summed E-state index contributed by atoms with van der Waals surface area (Å²) in [6.07, 6.45) is 1.53. The van der Waals surface area contributed by atoms with Crippen LogP contribution in [0.5, 0.6) is 0 Å². The van der Waals surface area contributed by atoms with Gasteiger partial charge in [-0.2, -0.15) is 0 Å². The van der Waals surface area contributed by atoms with E-state index < -0.39 is 0 Å². The average Bonchev–Trinajstić information content (AvgIpc) is 2.14. The SMILES string of the molecule is NCC1=COCO1. The first-order chi connectivity index (χ1) is 3.43. The summed E-state index contributed by atoms with van der Waals surface area (Å²) in [5.74, 6) is 0.722. The van der Waals surface area contributed by atoms with Crippen LogP contribution in [0, 0.1) is 0 Å². The summed E-state index contributed by atoms with van der Waals surface area (Å²) < 4.78 is 9.50. The van der Waals surface area contributed by atoms with Crippen LogP contribution in [0.3, 0.4) is 0 Å². The largest absolute Gasteiger partial charge is 0.462 e. The van der Waals surface area contributed by atoms with Crippen LogP contribution < -0.4 is 5.73 Å². The van der Waals surface area contributed by atoms with Crippen molar-refractivity contribution in [1.82, 2.24) is 0 Å². The zero-order valence-corrected chi connectivity index (χ0v) is 3.89. The van der Waals surface area contributed by atoms with E-state index in [1.807, 2.05) is 0 Å². The summed E-state index contributed by atoms with van der Waals surface area (Å²) in [6, 6.07) is 0. The van der Waals surface area contributed by atoms with Gasteiger partial charge in [0, 0.05) is 0 Å². The van der Waals surface area contributed by atoms with Crippen LogP contribution in [0.25, 0.3) is 0 Å². The highest BCUT2D eigenvalue weighted by Gasteiger charge is 2.00. The van der Waals surface area contributed by atoms with E-state index in [1.54, 1.807) is 0 Å². The Labute approximate surface area is 41.7 Å². The van der Waals surface area contributed by atoms with Gasteiger partial charge in [0.1, 0.15) is 12.0 Å². The molecular weight excluding hydrogens is 94.0 g/mol. The minimum Gasteiger partial charge on any atom is -0.462 e. The molecule has 2 N–H and O–H groups in total. The standard InChI is InChI=1S/C4H7NO2/c5-1-4-2-6-3-7-4/h2H,1,3,5H2. The van der Waals surface area contributed by atoms with E-state index in [9.17, 15) is 0 Å². The highest BCUT2D eigenvalue weighted by Crippen LogP contribution is 2.02. The van der Waals surface area contributed by atoms with E-state index >= 15 is 0 Å². The molecule has 0 spiro atoms. The number of nitrogens with two attached hydrogens (primary N) is 1. The number of hydrogen-bond acceptors (Lipinski definition) is 3. The summed E-state index contributed by atoms with van der Waals surface area (Å²) in [5.41, 5.74) is 5.16. The summed E-state index contributed by atoms with van der Waals surface area (Å²) in [4.78, 5) is 0. The third kappa shape index (κ3) is 0.838. The molecule has 0 aromatic rings. The third-order valence-corrected chi connectivity index (χ3v) is 0.728. The summed E-state index contributed by atoms with van der Waals surface area (Å²) in [5, 5.41) is 0. The Morgan fingerprint density at radius 1 is 1.86 bits per heavy atom. The molecule has 0 radical (unpaired) electrons. The summed E-state index contributed by atoms with van der Waals surface area (Å²) in [6.45, 7) is 0.756. The van der Waals surface area contributed by atoms with Gasteiger partial charge in [0.05, 0.1) is 6.54 Å². The Kier molecular flexibility index (Phi) is 1.17. The normalized spacial score (nSPS) is 17.6. The average molecular weight is 101 g/mol. The molecular formula is C4H7NO2. The van der Waals surface area contributed by atoms with E-state index in [2.05, 4.69) is 4.74 Å². The molecule has 0 amide bonds. The zero-order chi connectivity index (χ0) is 5.11. The van der Waals surface area contributed by atoms with Crippen LogP contribution in [0.1, 0.15) is 0 Å². The predicted molar refractivity (Wildman–Crippen MR) is 24.2 cm³/mol. The number of rotatable bonds is 1. The first-order valence-electron chi connectivity index (χ1n) is 2.07. The molecule has 0 aromatic heterocycles. The Morgan fingerprint density at radius 3 is 3.00 bits per heavy atom. The number of hydrogen-bond donors (Lipinski definition) is 1. The Morgan fingerprint density at radius 2 is 2.71 bits per heavy atom. The van der Waals surface area contributed by atoms with Gasteiger partial charge in [-0.1, -0.05) is 0 Å². The molecule has 0 aromatic carbocycles. The monoisotopic (exact) mass is 101 g/mol. The van der Waals surface area contributed by atoms with Crippen molar-refractivity contribution < 1.29 is 9.47 Å². The lowest BCUT2D eigenvalue weighted by Gasteiger charge is -1.91. The van der Waals surface area contributed by atoms with Gasteiger partial charge in [0.25, 0.3) is 0 Å². The topological polar surface area (TPSA) is 44.5 Å². The smallest absolute Gasteiger partial charge is 0.229 e. The third-order valence-electron chi connectivity index (χ3n) is 0.728. The Hall–Kier alpha value is -0.700. The first kappa shape index (κ1) is 4.46. The first-order valence-corrected chi connectivity index (χ1v) is 2.07. The maximum absolute atomic E-state index is 5.16. The molecule has 0 saturated carbocycles. The van der Waals surface area contributed by atoms with Crippen LogP contribution in [0.15, 0.2) is 12.0 Å². The van der Waals surface area contributed by atoms with Crippen molar-refractivity contribution in [1.29, 1.82) is 0 Å². The molecule has 0 atom stereocenters. The molecule has 0 saturated heterocycles. The molecule has 1 aliphatic rings. The van der Waals surface area contributed by atoms with E-state index in [1.165, 1.54) is 6.26 Å². The van der Waals surface area contributed by atoms with E-state index in [0.717, 1.165) is 5.76 Å². The molecule has 0 bridgehead atoms. The van der Waals surface area contributed by atoms with Gasteiger partial charge in [-0.15, -0.1) is 0 Å². The van der Waals surface area contributed by atoms with Crippen molar-refractivity contribution in [3.8, 4) is 0 Å². The van der Waals surface area contributed by atoms with Gasteiger partial charge in [0.2, 0.25) is 6.79 Å². The minimum atomic E-state index is 0.326. The van der Waals surface area contributed by atoms with E-state index in [4.69, 9.17) is 10.5 Å². The molecule has 1 heterocycles. The fraction of sp³-hybridized carbons (Fsp3) is 0.500. The van der Waals surface area contributed by atoms with Crippen LogP contribution >= 0.6 is 0 Å². The van der Waals surface area contributed by atoms with Crippen molar-refractivity contribution >= 4 is 0 Å². The van der Waals surface area contributed by atoms with Crippen molar-refractivity contribution in [3.05, 3.63) is 12.0 Å². The maximum atomic E-state index is 5.16. The summed E-state index contributed by atoms with van der Waals surface area (Å²) >= 11 is 0. The van der Waals surface area contributed by atoms with E-state index in [0.29, 0.717) is 13.3 Å². The Bertz CT molecular complexity index is 89.7. The van der Waals surface area contributed by atoms with Crippen LogP contribution in [-0.4, -0.2) is 13.3 Å². The van der Waals surface area contributed by atoms with Gasteiger partial charge >= 0.3 is 0 Å². The van der Waals surface area contributed by atoms with Gasteiger partial charge in [-0.25, -0.2) is 0 Å². The maximum Gasteiger partial charge on any atom is 0.229 e. The lowest BCUT2D eigenvalue weighted by Crippen LogP contribution is -2.02. The zero-order valence-electron chi connectivity index (χ0n) is 3.89. The van der Waals surface area contributed by atoms with Gasteiger partial charge in [-0.05, 0) is 0 Å². The van der Waals surface area contributed by atoms with Crippen LogP contribution in [0.4, 0.5) is 0 Å². The van der Waals surface area contributed by atoms with Crippen molar-refractivity contribution in [2.24, 2.45) is 5.73 Å². The second kappa shape index (κ2) is 1.84. The van der Waals surface area contributed by atoms with E-state index in [-0.39, 0.29) is 0 Å². The van der Waals surface area contributed by atoms with Crippen molar-refractivity contribution in [3.63, 3.8) is 0 Å². The lowest BCUT2D eigenvalue weighted by molar-refractivity contribution is 0.0800. The second-order valence-corrected chi connectivity index (χ2v) is 1.22. The predicted octanol–water partition coefficient (Wildman–Crippen LogP) is -0.209. The van der Waals surface area contributed by atoms with Crippen LogP contribution in [0.2, 0.25) is 0 Å². The van der Waals surface area contributed by atoms with Gasteiger partial charge in [0.15, 0.2) is 0 Å². The van der Waals surface area contributed by atoms with Gasteiger partial charge < -0.3 is 15.2 Å². The molecule has 3 nitrogen and oxygen atoms in total. The Balaban J connectivity index is 2.36. The number of ether oxygens (including phenoxy) is 2. The highest BCUT2D eigenvalue weighted by molar-refractivity contribution is 4.90. The van der Waals surface area contributed by atoms with Crippen LogP contribution in [-0.2, 0) is 9.47 Å². The minimum absolute atomic E-state index is 0.326. The molecule has 1 rings (SSSR count).